The zero-order valence-electron chi connectivity index (χ0n) is 23.7. The summed E-state index contributed by atoms with van der Waals surface area (Å²) in [6, 6.07) is 6.17. The van der Waals surface area contributed by atoms with Gasteiger partial charge in [0.15, 0.2) is 0 Å². The summed E-state index contributed by atoms with van der Waals surface area (Å²) in [4.78, 5) is 41.7. The van der Waals surface area contributed by atoms with Gasteiger partial charge in [0.2, 0.25) is 10.0 Å². The molecule has 3 heterocycles. The molecule has 0 saturated carbocycles. The number of hydrogen-bond donors (Lipinski definition) is 2. The van der Waals surface area contributed by atoms with Gasteiger partial charge in [-0.15, -0.1) is 11.3 Å². The van der Waals surface area contributed by atoms with Crippen LogP contribution in [0.1, 0.15) is 72.2 Å². The van der Waals surface area contributed by atoms with Crippen molar-refractivity contribution in [2.75, 3.05) is 31.6 Å². The maximum Gasteiger partial charge on any atom is 0.414 e. The minimum Gasteiger partial charge on any atom is -0.450 e. The first-order valence-corrected chi connectivity index (χ1v) is 15.9. The Balaban J connectivity index is 1.57. The SMILES string of the molecule is CCOC(=O)NC(=O)c1c(NC(=O)c2ccc(S(=O)(=O)N3CC(C)CC(C)C3)cc2)sc2c1CCN(C(C)C)C2. The molecule has 2 aromatic rings. The molecule has 2 N–H and O–H groups in total. The Labute approximate surface area is 240 Å². The second-order valence-electron chi connectivity index (χ2n) is 10.9. The van der Waals surface area contributed by atoms with Gasteiger partial charge in [-0.25, -0.2) is 13.2 Å². The van der Waals surface area contributed by atoms with Crippen molar-refractivity contribution in [2.24, 2.45) is 11.8 Å². The number of anilines is 1. The average Bonchev–Trinajstić information content (AvgIpc) is 3.25. The third-order valence-corrected chi connectivity index (χ3v) is 10.3. The van der Waals surface area contributed by atoms with Crippen molar-refractivity contribution in [3.05, 3.63) is 45.8 Å². The summed E-state index contributed by atoms with van der Waals surface area (Å²) < 4.78 is 32.9. The van der Waals surface area contributed by atoms with Gasteiger partial charge in [-0.2, -0.15) is 4.31 Å². The molecule has 2 unspecified atom stereocenters. The van der Waals surface area contributed by atoms with E-state index in [0.29, 0.717) is 37.1 Å². The van der Waals surface area contributed by atoms with Gasteiger partial charge in [0.1, 0.15) is 5.00 Å². The van der Waals surface area contributed by atoms with Crippen LogP contribution in [0.2, 0.25) is 0 Å². The maximum atomic E-state index is 13.2. The maximum absolute atomic E-state index is 13.2. The molecule has 2 atom stereocenters. The second kappa shape index (κ2) is 12.4. The number of carbonyl (C=O) groups excluding carboxylic acids is 3. The molecule has 0 aliphatic carbocycles. The molecule has 0 radical (unpaired) electrons. The van der Waals surface area contributed by atoms with Crippen molar-refractivity contribution in [1.82, 2.24) is 14.5 Å². The standard InChI is InChI=1S/C28H38N4O6S2/c1-6-38-28(35)30-26(34)24-22-11-12-31(17(2)3)16-23(22)39-27(24)29-25(33)20-7-9-21(10-8-20)40(36,37)32-14-18(4)13-19(5)15-32/h7-10,17-19H,6,11-16H2,1-5H3,(H,29,33)(H,30,34,35). The van der Waals surface area contributed by atoms with Gasteiger partial charge in [0.25, 0.3) is 11.8 Å². The number of sulfonamides is 1. The fraction of sp³-hybridized carbons (Fsp3) is 0.536. The van der Waals surface area contributed by atoms with E-state index in [1.165, 1.54) is 39.9 Å². The number of nitrogens with one attached hydrogen (secondary N) is 2. The zero-order valence-corrected chi connectivity index (χ0v) is 25.3. The van der Waals surface area contributed by atoms with Gasteiger partial charge in [0, 0.05) is 42.7 Å². The lowest BCUT2D eigenvalue weighted by molar-refractivity contribution is 0.0924. The minimum absolute atomic E-state index is 0.120. The van der Waals surface area contributed by atoms with E-state index in [9.17, 15) is 22.8 Å². The smallest absolute Gasteiger partial charge is 0.414 e. The monoisotopic (exact) mass is 590 g/mol. The van der Waals surface area contributed by atoms with Crippen LogP contribution in [0.25, 0.3) is 0 Å². The number of fused-ring (bicyclic) bond motifs is 1. The minimum atomic E-state index is -3.68. The summed E-state index contributed by atoms with van der Waals surface area (Å²) in [7, 11) is -3.68. The summed E-state index contributed by atoms with van der Waals surface area (Å²) in [5.41, 5.74) is 1.33. The number of alkyl carbamates (subject to hydrolysis) is 1. The lowest BCUT2D eigenvalue weighted by atomic mass is 9.94. The van der Waals surface area contributed by atoms with Crippen LogP contribution >= 0.6 is 11.3 Å². The molecule has 2 aliphatic rings. The molecule has 1 aromatic carbocycles. The van der Waals surface area contributed by atoms with Crippen LogP contribution in [-0.4, -0.2) is 67.8 Å². The number of nitrogens with zero attached hydrogens (tertiary/aromatic N) is 2. The number of hydrogen-bond acceptors (Lipinski definition) is 8. The molecule has 3 amide bonds. The lowest BCUT2D eigenvalue weighted by Crippen LogP contribution is -2.42. The number of imide groups is 1. The quantitative estimate of drug-likeness (QED) is 0.492. The highest BCUT2D eigenvalue weighted by atomic mass is 32.2. The summed E-state index contributed by atoms with van der Waals surface area (Å²) >= 11 is 1.31. The van der Waals surface area contributed by atoms with Crippen molar-refractivity contribution >= 4 is 44.3 Å². The van der Waals surface area contributed by atoms with E-state index < -0.39 is 27.9 Å². The Hall–Kier alpha value is -2.80. The lowest BCUT2D eigenvalue weighted by Gasteiger charge is -2.34. The van der Waals surface area contributed by atoms with Gasteiger partial charge < -0.3 is 10.1 Å². The number of rotatable bonds is 7. The van der Waals surface area contributed by atoms with E-state index in [1.54, 1.807) is 6.92 Å². The molecule has 4 rings (SSSR count). The topological polar surface area (TPSA) is 125 Å². The highest BCUT2D eigenvalue weighted by molar-refractivity contribution is 7.89. The van der Waals surface area contributed by atoms with E-state index in [-0.39, 0.29) is 34.5 Å². The predicted octanol–water partition coefficient (Wildman–Crippen LogP) is 4.32. The molecular formula is C28H38N4O6S2. The molecule has 1 fully saturated rings. The average molecular weight is 591 g/mol. The van der Waals surface area contributed by atoms with Crippen molar-refractivity contribution in [3.8, 4) is 0 Å². The molecule has 1 aromatic heterocycles. The Bertz CT molecular complexity index is 1360. The van der Waals surface area contributed by atoms with Gasteiger partial charge in [0.05, 0.1) is 17.1 Å². The number of benzene rings is 1. The van der Waals surface area contributed by atoms with Crippen LogP contribution in [0.4, 0.5) is 9.80 Å². The van der Waals surface area contributed by atoms with Gasteiger partial charge in [-0.3, -0.25) is 19.8 Å². The van der Waals surface area contributed by atoms with E-state index >= 15 is 0 Å². The summed E-state index contributed by atoms with van der Waals surface area (Å²) in [6.45, 7) is 12.4. The summed E-state index contributed by atoms with van der Waals surface area (Å²) in [6.07, 6.45) is 0.747. The first-order chi connectivity index (χ1) is 18.9. The number of ether oxygens (including phenoxy) is 1. The Kier molecular flexibility index (Phi) is 9.33. The van der Waals surface area contributed by atoms with Crippen molar-refractivity contribution in [3.63, 3.8) is 0 Å². The van der Waals surface area contributed by atoms with Crippen LogP contribution in [0, 0.1) is 11.8 Å². The third kappa shape index (κ3) is 6.56. The summed E-state index contributed by atoms with van der Waals surface area (Å²) in [5, 5.41) is 5.43. The van der Waals surface area contributed by atoms with E-state index in [1.807, 2.05) is 0 Å². The normalized spacial score (nSPS) is 20.1. The first-order valence-electron chi connectivity index (χ1n) is 13.7. The van der Waals surface area contributed by atoms with Crippen LogP contribution < -0.4 is 10.6 Å². The molecule has 10 nitrogen and oxygen atoms in total. The fourth-order valence-electron chi connectivity index (χ4n) is 5.42. The Morgan fingerprint density at radius 2 is 1.73 bits per heavy atom. The van der Waals surface area contributed by atoms with Crippen LogP contribution in [0.15, 0.2) is 29.2 Å². The molecule has 40 heavy (non-hydrogen) atoms. The number of amides is 3. The molecule has 0 spiro atoms. The van der Waals surface area contributed by atoms with Crippen LogP contribution in [0.5, 0.6) is 0 Å². The Morgan fingerprint density at radius 1 is 1.07 bits per heavy atom. The largest absolute Gasteiger partial charge is 0.450 e. The van der Waals surface area contributed by atoms with Crippen molar-refractivity contribution in [1.29, 1.82) is 0 Å². The fourth-order valence-corrected chi connectivity index (χ4v) is 8.36. The van der Waals surface area contributed by atoms with E-state index in [4.69, 9.17) is 4.74 Å². The Morgan fingerprint density at radius 3 is 2.33 bits per heavy atom. The molecular weight excluding hydrogens is 552 g/mol. The van der Waals surface area contributed by atoms with E-state index in [2.05, 4.69) is 43.2 Å². The van der Waals surface area contributed by atoms with Gasteiger partial charge >= 0.3 is 6.09 Å². The highest BCUT2D eigenvalue weighted by Crippen LogP contribution is 2.38. The van der Waals surface area contributed by atoms with Crippen LogP contribution in [0.3, 0.4) is 0 Å². The van der Waals surface area contributed by atoms with Gasteiger partial charge in [-0.1, -0.05) is 13.8 Å². The molecule has 1 saturated heterocycles. The third-order valence-electron chi connectivity index (χ3n) is 7.35. The van der Waals surface area contributed by atoms with Crippen molar-refractivity contribution in [2.45, 2.75) is 64.9 Å². The predicted molar refractivity (Wildman–Crippen MR) is 154 cm³/mol. The summed E-state index contributed by atoms with van der Waals surface area (Å²) in [5.74, 6) is -0.546. The van der Waals surface area contributed by atoms with Gasteiger partial charge in [-0.05, 0) is 75.3 Å². The molecule has 12 heteroatoms. The van der Waals surface area contributed by atoms with Crippen LogP contribution in [-0.2, 0) is 27.7 Å². The van der Waals surface area contributed by atoms with Crippen molar-refractivity contribution < 1.29 is 27.5 Å². The number of thiophene rings is 1. The second-order valence-corrected chi connectivity index (χ2v) is 14.0. The van der Waals surface area contributed by atoms with E-state index in [0.717, 1.165) is 23.4 Å². The first kappa shape index (κ1) is 30.2. The molecule has 0 bridgehead atoms. The number of carbonyl (C=O) groups is 3. The molecule has 218 valence electrons. The molecule has 2 aliphatic heterocycles. The zero-order chi connectivity index (χ0) is 29.2. The highest BCUT2D eigenvalue weighted by Gasteiger charge is 2.33. The number of piperidine rings is 1.